The Hall–Kier alpha value is -1.24. The summed E-state index contributed by atoms with van der Waals surface area (Å²) in [4.78, 5) is 4.46. The molecule has 3 atom stereocenters. The van der Waals surface area contributed by atoms with Crippen LogP contribution in [0.2, 0.25) is 0 Å². The van der Waals surface area contributed by atoms with Crippen LogP contribution in [0.4, 0.5) is 22.0 Å². The van der Waals surface area contributed by atoms with Gasteiger partial charge in [-0.15, -0.1) is 5.10 Å². The zero-order chi connectivity index (χ0) is 19.2. The molecule has 0 saturated heterocycles. The summed E-state index contributed by atoms with van der Waals surface area (Å²) < 4.78 is 81.0. The van der Waals surface area contributed by atoms with E-state index in [0.29, 0.717) is 0 Å². The second-order valence-corrected chi connectivity index (χ2v) is 8.26. The van der Waals surface area contributed by atoms with E-state index in [1.807, 2.05) is 0 Å². The van der Waals surface area contributed by atoms with Crippen LogP contribution < -0.4 is 4.74 Å². The Kier molecular flexibility index (Phi) is 5.47. The van der Waals surface area contributed by atoms with Crippen LogP contribution in [0.15, 0.2) is 5.16 Å². The zero-order valence-electron chi connectivity index (χ0n) is 13.0. The lowest BCUT2D eigenvalue weighted by atomic mass is 10.1. The van der Waals surface area contributed by atoms with Gasteiger partial charge < -0.3 is 9.57 Å². The van der Waals surface area contributed by atoms with Crippen LogP contribution >= 0.6 is 15.9 Å². The molecule has 0 radical (unpaired) electrons. The third-order valence-electron chi connectivity index (χ3n) is 3.39. The number of aromatic nitrogens is 2. The van der Waals surface area contributed by atoms with Crippen molar-refractivity contribution in [3.05, 3.63) is 11.3 Å². The van der Waals surface area contributed by atoms with Crippen molar-refractivity contribution in [3.8, 4) is 5.88 Å². The van der Waals surface area contributed by atoms with Crippen molar-refractivity contribution >= 4 is 31.8 Å². The maximum Gasteiger partial charge on any atom is 0.433 e. The molecule has 0 amide bonds. The molecule has 0 aliphatic carbocycles. The smallest absolute Gasteiger partial charge is 0.415 e. The Morgan fingerprint density at radius 1 is 1.40 bits per heavy atom. The third kappa shape index (κ3) is 3.96. The van der Waals surface area contributed by atoms with Gasteiger partial charge in [0.2, 0.25) is 5.88 Å². The normalized spacial score (nSPS) is 22.5. The second-order valence-electron chi connectivity index (χ2n) is 5.62. The minimum atomic E-state index is -4.93. The number of nitrogens with zero attached hydrogens (tertiary/aromatic N) is 2. The van der Waals surface area contributed by atoms with E-state index in [0.717, 1.165) is 0 Å². The molecule has 0 fully saturated rings. The maximum absolute atomic E-state index is 13.1. The first-order valence-corrected chi connectivity index (χ1v) is 8.90. The molecule has 1 aliphatic rings. The number of rotatable bonds is 4. The molecule has 1 aromatic heterocycles. The highest BCUT2D eigenvalue weighted by Crippen LogP contribution is 2.41. The lowest BCUT2D eigenvalue weighted by Gasteiger charge is -2.20. The summed E-state index contributed by atoms with van der Waals surface area (Å²) in [6.07, 6.45) is -4.93. The van der Waals surface area contributed by atoms with Gasteiger partial charge in [0.25, 0.3) is 0 Å². The molecule has 2 heterocycles. The van der Waals surface area contributed by atoms with Gasteiger partial charge in [-0.25, -0.2) is 0 Å². The molecule has 1 aliphatic heterocycles. The van der Waals surface area contributed by atoms with Crippen molar-refractivity contribution in [1.29, 1.82) is 0 Å². The zero-order valence-corrected chi connectivity index (χ0v) is 15.4. The van der Waals surface area contributed by atoms with Gasteiger partial charge in [-0.3, -0.25) is 9.31 Å². The Morgan fingerprint density at radius 3 is 2.44 bits per heavy atom. The highest BCUT2D eigenvalue weighted by Gasteiger charge is 2.46. The lowest BCUT2D eigenvalue weighted by Crippen LogP contribution is -2.35. The molecule has 0 bridgehead atoms. The van der Waals surface area contributed by atoms with Crippen LogP contribution in [0.1, 0.15) is 37.3 Å². The van der Waals surface area contributed by atoms with Crippen LogP contribution in [0.3, 0.4) is 0 Å². The van der Waals surface area contributed by atoms with Gasteiger partial charge in [0.1, 0.15) is 10.5 Å². The third-order valence-corrected chi connectivity index (χ3v) is 6.82. The lowest BCUT2D eigenvalue weighted by molar-refractivity contribution is -0.141. The molecular weight excluding hydrogens is 441 g/mol. The Morgan fingerprint density at radius 2 is 2.00 bits per heavy atom. The van der Waals surface area contributed by atoms with Crippen molar-refractivity contribution in [2.75, 3.05) is 0 Å². The molecule has 142 valence electrons. The molecule has 6 nitrogen and oxygen atoms in total. The quantitative estimate of drug-likeness (QED) is 0.556. The summed E-state index contributed by atoms with van der Waals surface area (Å²) in [5.74, 6) is -0.965. The number of H-pyrrole nitrogens is 1. The number of halogens is 6. The predicted octanol–water partition coefficient (Wildman–Crippen LogP) is 3.73. The van der Waals surface area contributed by atoms with Gasteiger partial charge in [-0.2, -0.15) is 22.0 Å². The van der Waals surface area contributed by atoms with Crippen molar-refractivity contribution in [1.82, 2.24) is 10.2 Å². The second kappa shape index (κ2) is 6.82. The standard InChI is InChI=1S/C12H13BrF5N3O3S/c1-4(25(22)9-6(13)11(2,3)24-21-9)5-7(12(16,17)18)19-20-8(5)23-10(14)15/h4,6,10H,1-3H3,(H,19,20). The van der Waals surface area contributed by atoms with Crippen LogP contribution in [0.5, 0.6) is 5.88 Å². The summed E-state index contributed by atoms with van der Waals surface area (Å²) in [6.45, 7) is 1.05. The molecular formula is C12H13BrF5N3O3S. The molecule has 0 aromatic carbocycles. The topological polar surface area (TPSA) is 76.6 Å². The Balaban J connectivity index is 2.42. The highest BCUT2D eigenvalue weighted by atomic mass is 79.9. The predicted molar refractivity (Wildman–Crippen MR) is 82.1 cm³/mol. The summed E-state index contributed by atoms with van der Waals surface area (Å²) in [7, 11) is -2.12. The van der Waals surface area contributed by atoms with Crippen LogP contribution in [-0.4, -0.2) is 36.5 Å². The van der Waals surface area contributed by atoms with E-state index < -0.39 is 56.4 Å². The van der Waals surface area contributed by atoms with Gasteiger partial charge in [0, 0.05) is 0 Å². The largest absolute Gasteiger partial charge is 0.433 e. The fourth-order valence-electron chi connectivity index (χ4n) is 2.08. The molecule has 3 unspecified atom stereocenters. The fraction of sp³-hybridized carbons (Fsp3) is 0.667. The van der Waals surface area contributed by atoms with Crippen LogP contribution in [0.25, 0.3) is 0 Å². The van der Waals surface area contributed by atoms with Crippen LogP contribution in [-0.2, 0) is 21.8 Å². The average molecular weight is 454 g/mol. The molecule has 2 rings (SSSR count). The Labute approximate surface area is 149 Å². The molecule has 1 N–H and O–H groups in total. The highest BCUT2D eigenvalue weighted by molar-refractivity contribution is 9.10. The summed E-state index contributed by atoms with van der Waals surface area (Å²) in [6, 6.07) is 0. The van der Waals surface area contributed by atoms with E-state index in [1.54, 1.807) is 18.9 Å². The number of alkyl halides is 6. The average Bonchev–Trinajstić information content (AvgIpc) is 2.99. The van der Waals surface area contributed by atoms with Crippen molar-refractivity contribution in [2.45, 2.75) is 49.2 Å². The van der Waals surface area contributed by atoms with Gasteiger partial charge in [0.15, 0.2) is 10.6 Å². The van der Waals surface area contributed by atoms with E-state index in [9.17, 15) is 26.2 Å². The monoisotopic (exact) mass is 453 g/mol. The summed E-state index contributed by atoms with van der Waals surface area (Å²) in [5, 5.41) is 6.98. The molecule has 13 heteroatoms. The number of oxime groups is 1. The van der Waals surface area contributed by atoms with E-state index in [4.69, 9.17) is 4.84 Å². The Bertz CT molecular complexity index is 707. The molecule has 25 heavy (non-hydrogen) atoms. The fourth-order valence-corrected chi connectivity index (χ4v) is 4.19. The van der Waals surface area contributed by atoms with Gasteiger partial charge >= 0.3 is 12.8 Å². The van der Waals surface area contributed by atoms with E-state index in [-0.39, 0.29) is 5.04 Å². The maximum atomic E-state index is 13.1. The van der Waals surface area contributed by atoms with E-state index >= 15 is 0 Å². The number of aromatic amines is 1. The summed E-state index contributed by atoms with van der Waals surface area (Å²) in [5.41, 5.74) is -3.04. The first-order chi connectivity index (χ1) is 11.4. The first-order valence-electron chi connectivity index (χ1n) is 6.77. The molecule has 0 saturated carbocycles. The van der Waals surface area contributed by atoms with Crippen molar-refractivity contribution in [3.63, 3.8) is 0 Å². The minimum absolute atomic E-state index is 0.0465. The SMILES string of the molecule is CC(c1c(OC(F)F)n[nH]c1C(F)(F)F)S(=O)C1=NOC(C)(C)C1Br. The molecule has 0 spiro atoms. The minimum Gasteiger partial charge on any atom is -0.415 e. The summed E-state index contributed by atoms with van der Waals surface area (Å²) >= 11 is 3.23. The number of hydrogen-bond acceptors (Lipinski definition) is 5. The number of nitrogens with one attached hydrogen (secondary N) is 1. The van der Waals surface area contributed by atoms with Crippen molar-refractivity contribution in [2.24, 2.45) is 5.16 Å². The number of hydrogen-bond donors (Lipinski definition) is 1. The van der Waals surface area contributed by atoms with Gasteiger partial charge in [-0.05, 0) is 20.8 Å². The molecule has 1 aromatic rings. The number of ether oxygens (including phenoxy) is 1. The van der Waals surface area contributed by atoms with Crippen LogP contribution in [0, 0.1) is 0 Å². The van der Waals surface area contributed by atoms with E-state index in [2.05, 4.69) is 30.9 Å². The van der Waals surface area contributed by atoms with Crippen molar-refractivity contribution < 1.29 is 35.7 Å². The van der Waals surface area contributed by atoms with Gasteiger partial charge in [0.05, 0.1) is 21.6 Å². The van der Waals surface area contributed by atoms with Gasteiger partial charge in [-0.1, -0.05) is 21.1 Å². The van der Waals surface area contributed by atoms with E-state index in [1.165, 1.54) is 6.92 Å². The first kappa shape index (κ1) is 20.1.